The number of nitrogens with two attached hydrogens (primary N) is 1. The molecule has 1 unspecified atom stereocenters. The number of nitrogens with one attached hydrogen (secondary N) is 1. The minimum atomic E-state index is -0.751. The van der Waals surface area contributed by atoms with Crippen molar-refractivity contribution in [1.29, 1.82) is 0 Å². The van der Waals surface area contributed by atoms with Crippen molar-refractivity contribution < 1.29 is 9.53 Å². The van der Waals surface area contributed by atoms with Crippen LogP contribution in [0.25, 0.3) is 0 Å². The highest BCUT2D eigenvalue weighted by atomic mass is 79.9. The van der Waals surface area contributed by atoms with E-state index in [-0.39, 0.29) is 17.5 Å². The van der Waals surface area contributed by atoms with Crippen molar-refractivity contribution in [2.24, 2.45) is 5.73 Å². The van der Waals surface area contributed by atoms with Crippen molar-refractivity contribution >= 4 is 50.7 Å². The van der Waals surface area contributed by atoms with Crippen LogP contribution >= 0.6 is 39.1 Å². The Morgan fingerprint density at radius 2 is 2.18 bits per heavy atom. The van der Waals surface area contributed by atoms with E-state index in [9.17, 15) is 4.79 Å². The number of halogens is 3. The highest BCUT2D eigenvalue weighted by Gasteiger charge is 2.16. The molecule has 0 saturated heterocycles. The third-order valence-electron chi connectivity index (χ3n) is 1.98. The van der Waals surface area contributed by atoms with Crippen LogP contribution in [0.1, 0.15) is 0 Å². The monoisotopic (exact) mass is 340 g/mol. The van der Waals surface area contributed by atoms with Crippen LogP contribution in [-0.4, -0.2) is 25.7 Å². The summed E-state index contributed by atoms with van der Waals surface area (Å²) < 4.78 is 5.44. The Morgan fingerprint density at radius 3 is 2.76 bits per heavy atom. The number of hydrogen-bond donors (Lipinski definition) is 2. The number of carbonyl (C=O) groups is 1. The maximum Gasteiger partial charge on any atom is 0.243 e. The fourth-order valence-electron chi connectivity index (χ4n) is 1.10. The van der Waals surface area contributed by atoms with Crippen molar-refractivity contribution in [1.82, 2.24) is 0 Å². The summed E-state index contributed by atoms with van der Waals surface area (Å²) in [5, 5.41) is 3.18. The number of carbonyl (C=O) groups excluding carboxylic acids is 1. The van der Waals surface area contributed by atoms with E-state index in [1.54, 1.807) is 12.1 Å². The molecule has 0 aromatic heterocycles. The molecule has 0 heterocycles. The lowest BCUT2D eigenvalue weighted by Crippen LogP contribution is -2.39. The van der Waals surface area contributed by atoms with Gasteiger partial charge in [-0.25, -0.2) is 0 Å². The lowest BCUT2D eigenvalue weighted by atomic mass is 10.2. The molecule has 3 N–H and O–H groups in total. The molecule has 0 aliphatic heterocycles. The first-order chi connectivity index (χ1) is 7.97. The van der Waals surface area contributed by atoms with Gasteiger partial charge >= 0.3 is 0 Å². The van der Waals surface area contributed by atoms with E-state index in [0.717, 1.165) is 0 Å². The van der Waals surface area contributed by atoms with Crippen molar-refractivity contribution in [3.05, 3.63) is 26.7 Å². The number of rotatable bonds is 4. The summed E-state index contributed by atoms with van der Waals surface area (Å²) in [6.07, 6.45) is 0. The molecule has 0 aliphatic rings. The van der Waals surface area contributed by atoms with Gasteiger partial charge in [-0.3, -0.25) is 4.79 Å². The fraction of sp³-hybridized carbons (Fsp3) is 0.300. The Kier molecular flexibility index (Phi) is 5.69. The Morgan fingerprint density at radius 1 is 1.53 bits per heavy atom. The van der Waals surface area contributed by atoms with Gasteiger partial charge < -0.3 is 15.8 Å². The predicted molar refractivity (Wildman–Crippen MR) is 72.6 cm³/mol. The van der Waals surface area contributed by atoms with Crippen LogP contribution in [0.2, 0.25) is 10.0 Å². The first kappa shape index (κ1) is 14.7. The first-order valence-corrected chi connectivity index (χ1v) is 6.21. The molecule has 0 bridgehead atoms. The van der Waals surface area contributed by atoms with Crippen LogP contribution in [0.15, 0.2) is 16.6 Å². The summed E-state index contributed by atoms with van der Waals surface area (Å²) in [4.78, 5) is 11.6. The Hall–Kier alpha value is -0.330. The average Bonchev–Trinajstić information content (AvgIpc) is 2.30. The molecule has 1 aromatic carbocycles. The molecule has 0 fully saturated rings. The summed E-state index contributed by atoms with van der Waals surface area (Å²) in [5.41, 5.74) is 5.98. The van der Waals surface area contributed by atoms with Crippen LogP contribution in [0.4, 0.5) is 5.69 Å². The van der Waals surface area contributed by atoms with Crippen LogP contribution in [0.3, 0.4) is 0 Å². The number of ether oxygens (including phenoxy) is 1. The van der Waals surface area contributed by atoms with Gasteiger partial charge in [-0.1, -0.05) is 23.2 Å². The molecule has 94 valence electrons. The summed E-state index contributed by atoms with van der Waals surface area (Å²) in [7, 11) is 1.47. The van der Waals surface area contributed by atoms with Gasteiger partial charge in [0.2, 0.25) is 5.91 Å². The maximum absolute atomic E-state index is 11.6. The smallest absolute Gasteiger partial charge is 0.243 e. The molecule has 1 rings (SSSR count). The minimum absolute atomic E-state index is 0.133. The van der Waals surface area contributed by atoms with Crippen LogP contribution in [0, 0.1) is 0 Å². The lowest BCUT2D eigenvalue weighted by Gasteiger charge is -2.13. The molecule has 0 radical (unpaired) electrons. The third kappa shape index (κ3) is 3.82. The highest BCUT2D eigenvalue weighted by molar-refractivity contribution is 9.10. The van der Waals surface area contributed by atoms with Gasteiger partial charge in [-0.05, 0) is 28.1 Å². The van der Waals surface area contributed by atoms with Gasteiger partial charge in [0.25, 0.3) is 0 Å². The molecule has 17 heavy (non-hydrogen) atoms. The Labute approximate surface area is 118 Å². The number of benzene rings is 1. The quantitative estimate of drug-likeness (QED) is 0.827. The van der Waals surface area contributed by atoms with E-state index in [1.807, 2.05) is 0 Å². The predicted octanol–water partition coefficient (Wildman–Crippen LogP) is 2.67. The standard InChI is InChI=1S/C10H11BrCl2N2O2/c1-17-4-6(14)10(16)15-7-3-2-5(11)8(12)9(7)13/h2-3,6H,4,14H2,1H3,(H,15,16). The maximum atomic E-state index is 11.6. The second-order valence-corrected chi connectivity index (χ2v) is 4.88. The lowest BCUT2D eigenvalue weighted by molar-refractivity contribution is -0.118. The number of anilines is 1. The SMILES string of the molecule is COCC(N)C(=O)Nc1ccc(Br)c(Cl)c1Cl. The van der Waals surface area contributed by atoms with Crippen molar-refractivity contribution in [3.63, 3.8) is 0 Å². The molecule has 1 amide bonds. The van der Waals surface area contributed by atoms with Crippen molar-refractivity contribution in [2.75, 3.05) is 19.0 Å². The largest absolute Gasteiger partial charge is 0.383 e. The molecule has 7 heteroatoms. The number of methoxy groups -OCH3 is 1. The van der Waals surface area contributed by atoms with Crippen molar-refractivity contribution in [2.45, 2.75) is 6.04 Å². The van der Waals surface area contributed by atoms with E-state index in [1.165, 1.54) is 7.11 Å². The van der Waals surface area contributed by atoms with Crippen LogP contribution < -0.4 is 11.1 Å². The zero-order chi connectivity index (χ0) is 13.0. The summed E-state index contributed by atoms with van der Waals surface area (Å²) in [5.74, 6) is -0.382. The molecule has 0 aliphatic carbocycles. The highest BCUT2D eigenvalue weighted by Crippen LogP contribution is 2.35. The second kappa shape index (κ2) is 6.56. The molecule has 0 spiro atoms. The number of amides is 1. The summed E-state index contributed by atoms with van der Waals surface area (Å²) in [6, 6.07) is 2.57. The van der Waals surface area contributed by atoms with E-state index in [0.29, 0.717) is 15.2 Å². The summed E-state index contributed by atoms with van der Waals surface area (Å²) >= 11 is 15.1. The van der Waals surface area contributed by atoms with E-state index >= 15 is 0 Å². The molecule has 0 saturated carbocycles. The van der Waals surface area contributed by atoms with Gasteiger partial charge in [0.05, 0.1) is 22.3 Å². The average molecular weight is 342 g/mol. The third-order valence-corrected chi connectivity index (χ3v) is 3.75. The minimum Gasteiger partial charge on any atom is -0.383 e. The molecular formula is C10H11BrCl2N2O2. The fourth-order valence-corrected chi connectivity index (χ4v) is 1.92. The molecule has 1 aromatic rings. The van der Waals surface area contributed by atoms with Crippen LogP contribution in [0.5, 0.6) is 0 Å². The molecular weight excluding hydrogens is 331 g/mol. The molecule has 1 atom stereocenters. The zero-order valence-corrected chi connectivity index (χ0v) is 12.1. The van der Waals surface area contributed by atoms with Crippen LogP contribution in [-0.2, 0) is 9.53 Å². The second-order valence-electron chi connectivity index (χ2n) is 3.27. The van der Waals surface area contributed by atoms with Crippen molar-refractivity contribution in [3.8, 4) is 0 Å². The van der Waals surface area contributed by atoms with E-state index < -0.39 is 6.04 Å². The number of hydrogen-bond acceptors (Lipinski definition) is 3. The topological polar surface area (TPSA) is 64.3 Å². The van der Waals surface area contributed by atoms with E-state index in [4.69, 9.17) is 33.7 Å². The molecule has 4 nitrogen and oxygen atoms in total. The first-order valence-electron chi connectivity index (χ1n) is 4.66. The summed E-state index contributed by atoms with van der Waals surface area (Å²) in [6.45, 7) is 0.133. The normalized spacial score (nSPS) is 12.3. The Balaban J connectivity index is 2.82. The van der Waals surface area contributed by atoms with Gasteiger partial charge in [0.1, 0.15) is 6.04 Å². The Bertz CT molecular complexity index is 429. The van der Waals surface area contributed by atoms with E-state index in [2.05, 4.69) is 21.2 Å². The van der Waals surface area contributed by atoms with Gasteiger partial charge in [0.15, 0.2) is 0 Å². The van der Waals surface area contributed by atoms with Gasteiger partial charge in [-0.2, -0.15) is 0 Å². The zero-order valence-electron chi connectivity index (χ0n) is 8.97. The van der Waals surface area contributed by atoms with Gasteiger partial charge in [-0.15, -0.1) is 0 Å². The van der Waals surface area contributed by atoms with Gasteiger partial charge in [0, 0.05) is 11.6 Å².